The van der Waals surface area contributed by atoms with E-state index in [0.717, 1.165) is 0 Å². The summed E-state index contributed by atoms with van der Waals surface area (Å²) in [7, 11) is -3.20. The van der Waals surface area contributed by atoms with E-state index >= 15 is 0 Å². The van der Waals surface area contributed by atoms with Gasteiger partial charge in [-0.1, -0.05) is 0 Å². The molecule has 0 bridgehead atoms. The van der Waals surface area contributed by atoms with E-state index in [-0.39, 0.29) is 23.1 Å². The zero-order valence-electron chi connectivity index (χ0n) is 7.40. The van der Waals surface area contributed by atoms with Crippen molar-refractivity contribution in [2.45, 2.75) is 0 Å². The third-order valence-corrected chi connectivity index (χ3v) is 1.38. The Balaban J connectivity index is 0.00000225. The molecule has 0 N–H and O–H groups in total. The van der Waals surface area contributed by atoms with Crippen LogP contribution in [0.15, 0.2) is 0 Å². The molecule has 0 aliphatic carbocycles. The van der Waals surface area contributed by atoms with Crippen molar-refractivity contribution in [3.8, 4) is 5.75 Å². The Hall–Kier alpha value is -0.579. The molecule has 16 heavy (non-hydrogen) atoms. The van der Waals surface area contributed by atoms with Crippen molar-refractivity contribution in [3.05, 3.63) is 29.1 Å². The summed E-state index contributed by atoms with van der Waals surface area (Å²) in [6, 6.07) is 0. The molecule has 0 fully saturated rings. The smallest absolute Gasteiger partial charge is 0.860 e. The van der Waals surface area contributed by atoms with E-state index < -0.39 is 42.2 Å². The van der Waals surface area contributed by atoms with Crippen LogP contribution in [-0.2, 0) is 0 Å². The molecule has 0 unspecified atom stereocenters. The summed E-state index contributed by atoms with van der Waals surface area (Å²) in [4.78, 5) is 0. The first-order valence-corrected chi connectivity index (χ1v) is 3.36. The third-order valence-electron chi connectivity index (χ3n) is 1.38. The van der Waals surface area contributed by atoms with Gasteiger partial charge in [0.15, 0.2) is 5.75 Å². The summed E-state index contributed by atoms with van der Waals surface area (Å²) in [6.07, 6.45) is 0. The maximum Gasteiger partial charge on any atom is 2.00 e. The van der Waals surface area contributed by atoms with Crippen LogP contribution < -0.4 is 14.7 Å². The molecule has 0 heterocycles. The molecule has 1 aromatic carbocycles. The standard InChI is InChI=1S/C6BF5O3.Mg/c8-1-2(9)4(11)6(15-7(13)14)5(12)3(1)10;/q-2;+2. The Bertz CT molecular complexity index is 373. The van der Waals surface area contributed by atoms with Crippen LogP contribution in [0, 0.1) is 29.1 Å². The van der Waals surface area contributed by atoms with Crippen molar-refractivity contribution < 1.29 is 36.7 Å². The number of halogens is 5. The summed E-state index contributed by atoms with van der Waals surface area (Å²) in [5.41, 5.74) is 0. The van der Waals surface area contributed by atoms with Gasteiger partial charge in [0, 0.05) is 0 Å². The van der Waals surface area contributed by atoms with E-state index in [9.17, 15) is 32.0 Å². The van der Waals surface area contributed by atoms with Gasteiger partial charge in [0.25, 0.3) is 0 Å². The minimum Gasteiger partial charge on any atom is -0.860 e. The van der Waals surface area contributed by atoms with Gasteiger partial charge in [0.2, 0.25) is 29.1 Å². The van der Waals surface area contributed by atoms with E-state index in [4.69, 9.17) is 0 Å². The van der Waals surface area contributed by atoms with E-state index in [1.165, 1.54) is 0 Å². The van der Waals surface area contributed by atoms with Crippen LogP contribution in [0.5, 0.6) is 5.75 Å². The van der Waals surface area contributed by atoms with Crippen LogP contribution in [0.2, 0.25) is 0 Å². The van der Waals surface area contributed by atoms with E-state index in [1.807, 2.05) is 0 Å². The molecule has 0 spiro atoms. The fourth-order valence-corrected chi connectivity index (χ4v) is 0.784. The predicted molar refractivity (Wildman–Crippen MR) is 38.4 cm³/mol. The Kier molecular flexibility index (Phi) is 5.46. The van der Waals surface area contributed by atoms with Crippen LogP contribution in [-0.4, -0.2) is 30.4 Å². The molecule has 0 amide bonds. The van der Waals surface area contributed by atoms with E-state index in [0.29, 0.717) is 0 Å². The zero-order chi connectivity index (χ0) is 11.7. The molecular formula is C6BF5MgO3. The summed E-state index contributed by atoms with van der Waals surface area (Å²) in [5, 5.41) is 19.7. The molecular weight excluding hydrogens is 250 g/mol. The summed E-state index contributed by atoms with van der Waals surface area (Å²) >= 11 is 0. The molecule has 3 nitrogen and oxygen atoms in total. The summed E-state index contributed by atoms with van der Waals surface area (Å²) in [6.45, 7) is 0. The fraction of sp³-hybridized carbons (Fsp3) is 0. The van der Waals surface area contributed by atoms with Crippen LogP contribution in [0.3, 0.4) is 0 Å². The van der Waals surface area contributed by atoms with Crippen LogP contribution >= 0.6 is 0 Å². The predicted octanol–water partition coefficient (Wildman–Crippen LogP) is -0.914. The monoisotopic (exact) mass is 250 g/mol. The number of rotatable bonds is 2. The van der Waals surface area contributed by atoms with E-state index in [2.05, 4.69) is 4.65 Å². The normalized spacial score (nSPS) is 9.69. The van der Waals surface area contributed by atoms with Crippen molar-refractivity contribution >= 4 is 30.4 Å². The molecule has 10 heteroatoms. The van der Waals surface area contributed by atoms with Crippen molar-refractivity contribution in [3.63, 3.8) is 0 Å². The molecule has 0 aliphatic heterocycles. The van der Waals surface area contributed by atoms with Crippen LogP contribution in [0.4, 0.5) is 22.0 Å². The Morgan fingerprint density at radius 2 is 1.06 bits per heavy atom. The maximum atomic E-state index is 12.6. The minimum absolute atomic E-state index is 0. The molecule has 1 aromatic rings. The van der Waals surface area contributed by atoms with Gasteiger partial charge in [-0.25, -0.2) is 13.2 Å². The van der Waals surface area contributed by atoms with Gasteiger partial charge in [0.1, 0.15) is 7.32 Å². The van der Waals surface area contributed by atoms with Crippen LogP contribution in [0.1, 0.15) is 0 Å². The second-order valence-electron chi connectivity index (χ2n) is 2.31. The topological polar surface area (TPSA) is 55.3 Å². The first-order valence-electron chi connectivity index (χ1n) is 3.36. The van der Waals surface area contributed by atoms with Gasteiger partial charge in [-0.2, -0.15) is 8.78 Å². The fourth-order valence-electron chi connectivity index (χ4n) is 0.784. The number of hydrogen-bond acceptors (Lipinski definition) is 3. The first kappa shape index (κ1) is 15.4. The second kappa shape index (κ2) is 5.66. The van der Waals surface area contributed by atoms with Crippen LogP contribution in [0.25, 0.3) is 0 Å². The van der Waals surface area contributed by atoms with Crippen molar-refractivity contribution in [1.82, 2.24) is 0 Å². The molecule has 1 rings (SSSR count). The average Bonchev–Trinajstić information content (AvgIpc) is 2.18. The van der Waals surface area contributed by atoms with Gasteiger partial charge in [-0.05, 0) is 0 Å². The van der Waals surface area contributed by atoms with Gasteiger partial charge >= 0.3 is 23.1 Å². The summed E-state index contributed by atoms with van der Waals surface area (Å²) < 4.78 is 65.9. The SMILES string of the molecule is [Mg+2].[O-]B([O-])Oc1c(F)c(F)c(F)c(F)c1F. The second-order valence-corrected chi connectivity index (χ2v) is 2.31. The van der Waals surface area contributed by atoms with Gasteiger partial charge < -0.3 is 14.7 Å². The van der Waals surface area contributed by atoms with Gasteiger partial charge in [-0.3, -0.25) is 0 Å². The van der Waals surface area contributed by atoms with Crippen molar-refractivity contribution in [2.75, 3.05) is 0 Å². The molecule has 0 radical (unpaired) electrons. The largest absolute Gasteiger partial charge is 2.00 e. The number of hydrogen-bond donors (Lipinski definition) is 0. The third kappa shape index (κ3) is 2.75. The average molecular weight is 250 g/mol. The Morgan fingerprint density at radius 3 is 1.38 bits per heavy atom. The molecule has 0 saturated heterocycles. The van der Waals surface area contributed by atoms with Crippen molar-refractivity contribution in [1.29, 1.82) is 0 Å². The molecule has 0 saturated carbocycles. The summed E-state index contributed by atoms with van der Waals surface area (Å²) in [5.74, 6) is -13.6. The zero-order valence-corrected chi connectivity index (χ0v) is 8.81. The number of benzene rings is 1. The van der Waals surface area contributed by atoms with Gasteiger partial charge in [-0.15, -0.1) is 0 Å². The molecule has 0 atom stereocenters. The maximum absolute atomic E-state index is 12.6. The van der Waals surface area contributed by atoms with E-state index in [1.54, 1.807) is 0 Å². The Morgan fingerprint density at radius 1 is 0.750 bits per heavy atom. The quantitative estimate of drug-likeness (QED) is 0.295. The molecule has 0 aromatic heterocycles. The molecule has 82 valence electrons. The molecule has 0 aliphatic rings. The van der Waals surface area contributed by atoms with Crippen molar-refractivity contribution in [2.24, 2.45) is 0 Å². The van der Waals surface area contributed by atoms with Gasteiger partial charge in [0.05, 0.1) is 0 Å². The first-order chi connectivity index (χ1) is 6.86. The Labute approximate surface area is 102 Å². The minimum atomic E-state index is -3.20.